The van der Waals surface area contributed by atoms with Crippen LogP contribution < -0.4 is 16.2 Å². The topological polar surface area (TPSA) is 119 Å². The van der Waals surface area contributed by atoms with Gasteiger partial charge in [-0.3, -0.25) is 19.0 Å². The average Bonchev–Trinajstić information content (AvgIpc) is 3.06. The number of aromatic nitrogens is 2. The number of ether oxygens (including phenoxy) is 1. The molecule has 0 aliphatic carbocycles. The predicted molar refractivity (Wildman–Crippen MR) is 119 cm³/mol. The van der Waals surface area contributed by atoms with Crippen molar-refractivity contribution in [1.82, 2.24) is 9.55 Å². The first kappa shape index (κ1) is 22.2. The summed E-state index contributed by atoms with van der Waals surface area (Å²) in [5.41, 5.74) is 1.21. The van der Waals surface area contributed by atoms with Crippen LogP contribution in [0.5, 0.6) is 0 Å². The number of nitrogens with one attached hydrogen (secondary N) is 2. The van der Waals surface area contributed by atoms with Crippen molar-refractivity contribution in [2.45, 2.75) is 33.7 Å². The zero-order chi connectivity index (χ0) is 22.7. The Balaban J connectivity index is 1.85. The number of benzene rings is 1. The Hall–Kier alpha value is -3.53. The van der Waals surface area contributed by atoms with E-state index in [1.54, 1.807) is 45.0 Å². The Morgan fingerprint density at radius 1 is 1.16 bits per heavy atom. The molecule has 1 atom stereocenters. The van der Waals surface area contributed by atoms with Crippen LogP contribution in [-0.4, -0.2) is 33.9 Å². The molecular formula is C21H22N4O5S. The fraction of sp³-hybridized carbons (Fsp3) is 0.286. The largest absolute Gasteiger partial charge is 0.462 e. The number of amides is 2. The minimum absolute atomic E-state index is 0.192. The van der Waals surface area contributed by atoms with Crippen molar-refractivity contribution in [2.75, 3.05) is 17.2 Å². The molecule has 162 valence electrons. The van der Waals surface area contributed by atoms with Gasteiger partial charge in [0.15, 0.2) is 0 Å². The average molecular weight is 442 g/mol. The van der Waals surface area contributed by atoms with Crippen molar-refractivity contribution >= 4 is 50.7 Å². The van der Waals surface area contributed by atoms with E-state index in [0.717, 1.165) is 11.3 Å². The number of esters is 1. The number of nitrogens with zero attached hydrogens (tertiary/aromatic N) is 2. The third-order valence-electron chi connectivity index (χ3n) is 4.61. The fourth-order valence-electron chi connectivity index (χ4n) is 3.02. The molecule has 2 amide bonds. The first-order valence-electron chi connectivity index (χ1n) is 9.58. The molecule has 3 aromatic rings. The molecule has 0 aliphatic rings. The molecule has 0 aliphatic heterocycles. The molecule has 2 N–H and O–H groups in total. The molecule has 3 rings (SSSR count). The van der Waals surface area contributed by atoms with E-state index in [4.69, 9.17) is 4.74 Å². The Kier molecular flexibility index (Phi) is 6.50. The van der Waals surface area contributed by atoms with Crippen molar-refractivity contribution in [3.8, 4) is 0 Å². The first-order chi connectivity index (χ1) is 14.7. The quantitative estimate of drug-likeness (QED) is 0.566. The van der Waals surface area contributed by atoms with Gasteiger partial charge in [-0.05, 0) is 50.6 Å². The van der Waals surface area contributed by atoms with Crippen LogP contribution in [0, 0.1) is 6.92 Å². The summed E-state index contributed by atoms with van der Waals surface area (Å²) in [4.78, 5) is 54.0. The maximum atomic E-state index is 13.0. The highest BCUT2D eigenvalue weighted by Crippen LogP contribution is 2.28. The van der Waals surface area contributed by atoms with Crippen LogP contribution >= 0.6 is 11.3 Å². The highest BCUT2D eigenvalue weighted by atomic mass is 32.1. The van der Waals surface area contributed by atoms with Gasteiger partial charge >= 0.3 is 5.97 Å². The summed E-state index contributed by atoms with van der Waals surface area (Å²) in [6.45, 7) is 6.60. The number of anilines is 2. The van der Waals surface area contributed by atoms with Gasteiger partial charge < -0.3 is 15.4 Å². The standard InChI is InChI=1S/C21H22N4O5S/c1-5-30-21(29)17-11(2)16-19(31-17)22-10-25(20(16)28)12(3)18(27)24-15-8-6-14(7-9-15)23-13(4)26/h6-10,12H,5H2,1-4H3,(H,23,26)(H,24,27). The summed E-state index contributed by atoms with van der Waals surface area (Å²) >= 11 is 1.09. The second kappa shape index (κ2) is 9.09. The zero-order valence-electron chi connectivity index (χ0n) is 17.5. The van der Waals surface area contributed by atoms with Crippen LogP contribution in [0.4, 0.5) is 11.4 Å². The smallest absolute Gasteiger partial charge is 0.348 e. The van der Waals surface area contributed by atoms with Gasteiger partial charge in [0.1, 0.15) is 15.7 Å². The highest BCUT2D eigenvalue weighted by molar-refractivity contribution is 7.20. The Morgan fingerprint density at radius 3 is 2.35 bits per heavy atom. The van der Waals surface area contributed by atoms with Crippen molar-refractivity contribution in [2.24, 2.45) is 0 Å². The fourth-order valence-corrected chi connectivity index (χ4v) is 4.05. The molecule has 10 heteroatoms. The lowest BCUT2D eigenvalue weighted by Gasteiger charge is -2.15. The third-order valence-corrected chi connectivity index (χ3v) is 5.79. The van der Waals surface area contributed by atoms with Gasteiger partial charge in [-0.1, -0.05) is 0 Å². The van der Waals surface area contributed by atoms with E-state index in [2.05, 4.69) is 15.6 Å². The summed E-state index contributed by atoms with van der Waals surface area (Å²) in [6.07, 6.45) is 1.31. The summed E-state index contributed by atoms with van der Waals surface area (Å²) in [5, 5.41) is 5.69. The third kappa shape index (κ3) is 4.64. The van der Waals surface area contributed by atoms with Crippen LogP contribution in [0.25, 0.3) is 10.2 Å². The molecule has 1 aromatic carbocycles. The number of rotatable bonds is 6. The molecule has 2 heterocycles. The normalized spacial score (nSPS) is 11.7. The second-order valence-electron chi connectivity index (χ2n) is 6.84. The lowest BCUT2D eigenvalue weighted by Crippen LogP contribution is -2.31. The SMILES string of the molecule is CCOC(=O)c1sc2ncn(C(C)C(=O)Nc3ccc(NC(C)=O)cc3)c(=O)c2c1C. The monoisotopic (exact) mass is 442 g/mol. The Bertz CT molecular complexity index is 1210. The van der Waals surface area contributed by atoms with Crippen LogP contribution in [0.1, 0.15) is 42.0 Å². The number of hydrogen-bond acceptors (Lipinski definition) is 7. The zero-order valence-corrected chi connectivity index (χ0v) is 18.3. The Labute approximate surface area is 182 Å². The second-order valence-corrected chi connectivity index (χ2v) is 7.84. The van der Waals surface area contributed by atoms with E-state index in [1.807, 2.05) is 0 Å². The van der Waals surface area contributed by atoms with E-state index in [0.29, 0.717) is 32.0 Å². The van der Waals surface area contributed by atoms with Gasteiger partial charge in [-0.15, -0.1) is 11.3 Å². The van der Waals surface area contributed by atoms with E-state index in [9.17, 15) is 19.2 Å². The lowest BCUT2D eigenvalue weighted by molar-refractivity contribution is -0.119. The molecule has 0 saturated heterocycles. The van der Waals surface area contributed by atoms with Gasteiger partial charge in [-0.25, -0.2) is 9.78 Å². The molecule has 9 nitrogen and oxygen atoms in total. The number of hydrogen-bond donors (Lipinski definition) is 2. The number of fused-ring (bicyclic) bond motifs is 1. The van der Waals surface area contributed by atoms with Gasteiger partial charge in [-0.2, -0.15) is 0 Å². The Morgan fingerprint density at radius 2 is 1.77 bits per heavy atom. The van der Waals surface area contributed by atoms with Gasteiger partial charge in [0.05, 0.1) is 18.3 Å². The predicted octanol–water partition coefficient (Wildman–Crippen LogP) is 3.10. The van der Waals surface area contributed by atoms with Crippen molar-refractivity contribution < 1.29 is 19.1 Å². The number of carbonyl (C=O) groups excluding carboxylic acids is 3. The summed E-state index contributed by atoms with van der Waals surface area (Å²) in [6, 6.07) is 5.77. The van der Waals surface area contributed by atoms with Crippen molar-refractivity contribution in [1.29, 1.82) is 0 Å². The van der Waals surface area contributed by atoms with E-state index >= 15 is 0 Å². The summed E-state index contributed by atoms with van der Waals surface area (Å²) < 4.78 is 6.27. The molecule has 0 fully saturated rings. The van der Waals surface area contributed by atoms with Crippen LogP contribution in [0.2, 0.25) is 0 Å². The minimum atomic E-state index is -0.843. The molecule has 0 radical (unpaired) electrons. The van der Waals surface area contributed by atoms with Crippen LogP contribution in [0.3, 0.4) is 0 Å². The number of thiophene rings is 1. The molecule has 0 saturated carbocycles. The number of carbonyl (C=O) groups is 3. The van der Waals surface area contributed by atoms with Gasteiger partial charge in [0.2, 0.25) is 11.8 Å². The number of aryl methyl sites for hydroxylation is 1. The molecule has 0 bridgehead atoms. The van der Waals surface area contributed by atoms with Crippen LogP contribution in [0.15, 0.2) is 35.4 Å². The van der Waals surface area contributed by atoms with E-state index < -0.39 is 23.5 Å². The van der Waals surface area contributed by atoms with Crippen molar-refractivity contribution in [3.05, 3.63) is 51.4 Å². The lowest BCUT2D eigenvalue weighted by atomic mass is 10.2. The van der Waals surface area contributed by atoms with E-state index in [-0.39, 0.29) is 12.5 Å². The maximum absolute atomic E-state index is 13.0. The molecule has 1 unspecified atom stereocenters. The summed E-state index contributed by atoms with van der Waals surface area (Å²) in [5.74, 6) is -1.10. The highest BCUT2D eigenvalue weighted by Gasteiger charge is 2.23. The molecule has 0 spiro atoms. The molecular weight excluding hydrogens is 420 g/mol. The van der Waals surface area contributed by atoms with Gasteiger partial charge in [0.25, 0.3) is 5.56 Å². The molecule has 31 heavy (non-hydrogen) atoms. The summed E-state index contributed by atoms with van der Waals surface area (Å²) in [7, 11) is 0. The van der Waals surface area contributed by atoms with Crippen LogP contribution in [-0.2, 0) is 14.3 Å². The maximum Gasteiger partial charge on any atom is 0.348 e. The van der Waals surface area contributed by atoms with Gasteiger partial charge in [0, 0.05) is 18.3 Å². The minimum Gasteiger partial charge on any atom is -0.462 e. The van der Waals surface area contributed by atoms with Crippen molar-refractivity contribution in [3.63, 3.8) is 0 Å². The first-order valence-corrected chi connectivity index (χ1v) is 10.4. The van der Waals surface area contributed by atoms with E-state index in [1.165, 1.54) is 17.8 Å². The molecule has 2 aromatic heterocycles.